The van der Waals surface area contributed by atoms with Gasteiger partial charge in [0.15, 0.2) is 6.20 Å². The molecule has 0 amide bonds. The molecule has 0 saturated heterocycles. The first-order valence-corrected chi connectivity index (χ1v) is 7.71. The zero-order chi connectivity index (χ0) is 14.0. The summed E-state index contributed by atoms with van der Waals surface area (Å²) in [6, 6.07) is -0.573. The summed E-state index contributed by atoms with van der Waals surface area (Å²) in [6.07, 6.45) is 15.0. The second-order valence-corrected chi connectivity index (χ2v) is 5.41. The molecule has 1 atom stereocenters. The number of aliphatic imine (C=N–C) groups is 1. The minimum atomic E-state index is -0.878. The minimum absolute atomic E-state index is 0.343. The van der Waals surface area contributed by atoms with E-state index in [4.69, 9.17) is 0 Å². The van der Waals surface area contributed by atoms with Crippen LogP contribution in [0.3, 0.4) is 0 Å². The predicted octanol–water partition coefficient (Wildman–Crippen LogP) is 2.76. The first-order chi connectivity index (χ1) is 9.19. The van der Waals surface area contributed by atoms with E-state index in [2.05, 4.69) is 11.9 Å². The van der Waals surface area contributed by atoms with Gasteiger partial charge in [0.05, 0.1) is 6.54 Å². The van der Waals surface area contributed by atoms with Crippen LogP contribution in [0.5, 0.6) is 0 Å². The molecular weight excluding hydrogens is 240 g/mol. The Labute approximate surface area is 117 Å². The molecule has 1 heterocycles. The molecule has 0 saturated carbocycles. The van der Waals surface area contributed by atoms with Crippen molar-refractivity contribution in [1.29, 1.82) is 0 Å². The smallest absolute Gasteiger partial charge is 0.404 e. The Morgan fingerprint density at radius 2 is 1.47 bits per heavy atom. The standard InChI is InChI=1S/C15H28N2O2/c1-2-3-4-5-6-7-8-9-10-11-13-17(19)14-12-16-15(17)18/h12,14,18H,2-11,13H2,1H3/q+1/p-1. The third-order valence-electron chi connectivity index (χ3n) is 3.66. The Hall–Kier alpha value is -0.870. The van der Waals surface area contributed by atoms with Gasteiger partial charge in [0.1, 0.15) is 4.99 Å². The second-order valence-electron chi connectivity index (χ2n) is 5.41. The van der Waals surface area contributed by atoms with Crippen molar-refractivity contribution in [3.8, 4) is 0 Å². The van der Waals surface area contributed by atoms with Gasteiger partial charge in [0.25, 0.3) is 0 Å². The van der Waals surface area contributed by atoms with Crippen LogP contribution in [0, 0.1) is 5.21 Å². The molecule has 109 valence electrons. The van der Waals surface area contributed by atoms with Crippen molar-refractivity contribution in [3.05, 3.63) is 17.6 Å². The predicted molar refractivity (Wildman–Crippen MR) is 76.6 cm³/mol. The van der Waals surface area contributed by atoms with E-state index in [9.17, 15) is 10.3 Å². The van der Waals surface area contributed by atoms with Crippen LogP contribution < -0.4 is 10.1 Å². The Kier molecular flexibility index (Phi) is 7.75. The van der Waals surface area contributed by atoms with Crippen LogP contribution in [0.4, 0.5) is 0 Å². The molecule has 0 spiro atoms. The highest BCUT2D eigenvalue weighted by Gasteiger charge is 2.28. The number of nitrogens with zero attached hydrogens (tertiary/aromatic N) is 2. The summed E-state index contributed by atoms with van der Waals surface area (Å²) in [5.74, 6) is 0. The van der Waals surface area contributed by atoms with E-state index in [-0.39, 0.29) is 0 Å². The Bertz CT molecular complexity index is 303. The average molecular weight is 267 g/mol. The first-order valence-electron chi connectivity index (χ1n) is 7.71. The third-order valence-corrected chi connectivity index (χ3v) is 3.66. The summed E-state index contributed by atoms with van der Waals surface area (Å²) in [5.41, 5.74) is 0. The summed E-state index contributed by atoms with van der Waals surface area (Å²) in [5, 5.41) is 23.1. The summed E-state index contributed by atoms with van der Waals surface area (Å²) in [6.45, 7) is 2.58. The maximum Gasteiger partial charge on any atom is 0.404 e. The van der Waals surface area contributed by atoms with E-state index in [1.807, 2.05) is 0 Å². The lowest BCUT2D eigenvalue weighted by atomic mass is 10.1. The second kappa shape index (κ2) is 9.10. The summed E-state index contributed by atoms with van der Waals surface area (Å²) < 4.78 is -0.878. The Morgan fingerprint density at radius 1 is 0.947 bits per heavy atom. The maximum atomic E-state index is 11.9. The number of rotatable bonds is 11. The molecular formula is C15H27N2O2. The summed E-state index contributed by atoms with van der Waals surface area (Å²) >= 11 is 0. The highest BCUT2D eigenvalue weighted by Crippen LogP contribution is 2.14. The number of hydrogen-bond acceptors (Lipinski definition) is 3. The highest BCUT2D eigenvalue weighted by molar-refractivity contribution is 5.63. The molecule has 1 unspecified atom stereocenters. The van der Waals surface area contributed by atoms with Crippen LogP contribution in [0.15, 0.2) is 12.4 Å². The molecule has 0 aromatic rings. The van der Waals surface area contributed by atoms with Crippen molar-refractivity contribution in [2.45, 2.75) is 71.1 Å². The van der Waals surface area contributed by atoms with Crippen LogP contribution >= 0.6 is 0 Å². The lowest BCUT2D eigenvalue weighted by molar-refractivity contribution is -0.765. The van der Waals surface area contributed by atoms with Crippen molar-refractivity contribution >= 4 is 6.02 Å². The molecule has 0 N–H and O–H groups in total. The zero-order valence-corrected chi connectivity index (χ0v) is 12.1. The van der Waals surface area contributed by atoms with Gasteiger partial charge in [-0.2, -0.15) is 0 Å². The molecule has 0 aromatic heterocycles. The number of quaternary nitrogens is 1. The van der Waals surface area contributed by atoms with Gasteiger partial charge in [-0.25, -0.2) is 4.65 Å². The van der Waals surface area contributed by atoms with Crippen LogP contribution in [0.25, 0.3) is 0 Å². The van der Waals surface area contributed by atoms with E-state index in [0.717, 1.165) is 12.8 Å². The van der Waals surface area contributed by atoms with E-state index < -0.39 is 10.7 Å². The zero-order valence-electron chi connectivity index (χ0n) is 12.1. The van der Waals surface area contributed by atoms with Gasteiger partial charge >= 0.3 is 12.2 Å². The van der Waals surface area contributed by atoms with E-state index in [0.29, 0.717) is 6.54 Å². The van der Waals surface area contributed by atoms with Crippen molar-refractivity contribution in [3.63, 3.8) is 0 Å². The number of amidine groups is 1. The fourth-order valence-electron chi connectivity index (χ4n) is 2.37. The summed E-state index contributed by atoms with van der Waals surface area (Å²) in [7, 11) is 0. The van der Waals surface area contributed by atoms with E-state index >= 15 is 0 Å². The molecule has 1 aliphatic heterocycles. The van der Waals surface area contributed by atoms with Crippen LogP contribution in [0.1, 0.15) is 71.1 Å². The first kappa shape index (κ1) is 16.2. The lowest BCUT2D eigenvalue weighted by Crippen LogP contribution is -2.49. The monoisotopic (exact) mass is 267 g/mol. The fraction of sp³-hybridized carbons (Fsp3) is 0.800. The summed E-state index contributed by atoms with van der Waals surface area (Å²) in [4.78, 5) is 3.49. The number of unbranched alkanes of at least 4 members (excludes halogenated alkanes) is 9. The SMILES string of the molecule is CCCCCCCCCCCC[N+]1([O-])C=C[N+]=C1[O-]. The Balaban J connectivity index is 1.89. The molecule has 1 rings (SSSR count). The number of hydroxylamine groups is 3. The molecule has 0 aliphatic carbocycles. The molecule has 4 heteroatoms. The van der Waals surface area contributed by atoms with Crippen LogP contribution in [-0.4, -0.2) is 17.2 Å². The third kappa shape index (κ3) is 6.21. The quantitative estimate of drug-likeness (QED) is 0.328. The van der Waals surface area contributed by atoms with Crippen molar-refractivity contribution in [2.75, 3.05) is 6.54 Å². The minimum Gasteiger partial charge on any atom is -0.771 e. The van der Waals surface area contributed by atoms with Gasteiger partial charge in [0.2, 0.25) is 0 Å². The molecule has 1 aliphatic rings. The average Bonchev–Trinajstić information content (AvgIpc) is 2.72. The van der Waals surface area contributed by atoms with Crippen molar-refractivity contribution in [2.24, 2.45) is 0 Å². The highest BCUT2D eigenvalue weighted by atomic mass is 16.6. The molecule has 0 aromatic carbocycles. The van der Waals surface area contributed by atoms with Gasteiger partial charge in [-0.3, -0.25) is 0 Å². The normalized spacial score (nSPS) is 21.9. The molecule has 0 bridgehead atoms. The van der Waals surface area contributed by atoms with Crippen LogP contribution in [-0.2, 0) is 0 Å². The van der Waals surface area contributed by atoms with E-state index in [1.165, 1.54) is 63.8 Å². The molecule has 0 fully saturated rings. The number of hydrogen-bond donors (Lipinski definition) is 0. The Morgan fingerprint density at radius 3 is 1.95 bits per heavy atom. The van der Waals surface area contributed by atoms with Gasteiger partial charge in [-0.15, -0.1) is 0 Å². The topological polar surface area (TPSA) is 60.2 Å². The fourth-order valence-corrected chi connectivity index (χ4v) is 2.37. The molecule has 19 heavy (non-hydrogen) atoms. The molecule has 4 nitrogen and oxygen atoms in total. The van der Waals surface area contributed by atoms with E-state index in [1.54, 1.807) is 0 Å². The van der Waals surface area contributed by atoms with Gasteiger partial charge in [-0.1, -0.05) is 58.3 Å². The van der Waals surface area contributed by atoms with Gasteiger partial charge in [0, 0.05) is 0 Å². The molecule has 1 radical (unpaired) electrons. The van der Waals surface area contributed by atoms with Crippen molar-refractivity contribution < 1.29 is 9.75 Å². The largest absolute Gasteiger partial charge is 0.771 e. The van der Waals surface area contributed by atoms with Crippen molar-refractivity contribution in [1.82, 2.24) is 4.99 Å². The van der Waals surface area contributed by atoms with Gasteiger partial charge < -0.3 is 10.3 Å². The maximum absolute atomic E-state index is 11.9. The van der Waals surface area contributed by atoms with Crippen LogP contribution in [0.2, 0.25) is 0 Å². The lowest BCUT2D eigenvalue weighted by Gasteiger charge is -2.32. The van der Waals surface area contributed by atoms with Gasteiger partial charge in [-0.05, 0) is 12.8 Å².